The Morgan fingerprint density at radius 3 is 2.69 bits per heavy atom. The van der Waals surface area contributed by atoms with Crippen LogP contribution in [0.15, 0.2) is 18.2 Å². The number of aryl methyl sites for hydroxylation is 2. The van der Waals surface area contributed by atoms with Crippen LogP contribution in [0, 0.1) is 25.7 Å². The van der Waals surface area contributed by atoms with Crippen LogP contribution in [0.25, 0.3) is 0 Å². The first kappa shape index (κ1) is 22.7. The highest BCUT2D eigenvalue weighted by Crippen LogP contribution is 2.63. The number of hydrogen-bond acceptors (Lipinski definition) is 5. The molecule has 4 rings (SSSR count). The lowest BCUT2D eigenvalue weighted by atomic mass is 9.66. The molecule has 8 heteroatoms. The summed E-state index contributed by atoms with van der Waals surface area (Å²) in [6.45, 7) is 7.97. The van der Waals surface area contributed by atoms with Crippen LogP contribution in [0.3, 0.4) is 0 Å². The van der Waals surface area contributed by atoms with Gasteiger partial charge in [-0.25, -0.2) is 0 Å². The fourth-order valence-corrected chi connectivity index (χ4v) is 5.91. The highest BCUT2D eigenvalue weighted by atomic mass is 16.5. The lowest BCUT2D eigenvalue weighted by Gasteiger charge is -2.33. The first-order valence-corrected chi connectivity index (χ1v) is 11.5. The molecule has 2 unspecified atom stereocenters. The van der Waals surface area contributed by atoms with E-state index < -0.39 is 29.1 Å². The third-order valence-corrected chi connectivity index (χ3v) is 7.35. The van der Waals surface area contributed by atoms with Gasteiger partial charge in [0.05, 0.1) is 24.0 Å². The largest absolute Gasteiger partial charge is 0.395 e. The van der Waals surface area contributed by atoms with Gasteiger partial charge < -0.3 is 25.4 Å². The Morgan fingerprint density at radius 1 is 1.25 bits per heavy atom. The van der Waals surface area contributed by atoms with E-state index in [0.717, 1.165) is 17.5 Å². The number of hydrogen-bond donors (Lipinski definition) is 3. The summed E-state index contributed by atoms with van der Waals surface area (Å²) in [5, 5.41) is 15.5. The van der Waals surface area contributed by atoms with Gasteiger partial charge in [0.25, 0.3) is 0 Å². The number of nitrogens with one attached hydrogen (secondary N) is 2. The number of likely N-dealkylation sites (tertiary alicyclic amines) is 1. The lowest BCUT2D eigenvalue weighted by molar-refractivity contribution is -0.145. The maximum Gasteiger partial charge on any atom is 0.250 e. The molecule has 0 saturated carbocycles. The van der Waals surface area contributed by atoms with Crippen molar-refractivity contribution in [2.24, 2.45) is 11.8 Å². The molecule has 2 bridgehead atoms. The van der Waals surface area contributed by atoms with Gasteiger partial charge in [-0.3, -0.25) is 14.4 Å². The number of β-amino-alcohol motifs (C(OH)–C–C–N with tert-alkyl or cyclic N) is 1. The highest BCUT2D eigenvalue weighted by molar-refractivity contribution is 6.04. The number of anilines is 1. The van der Waals surface area contributed by atoms with Crippen molar-refractivity contribution in [3.63, 3.8) is 0 Å². The van der Waals surface area contributed by atoms with E-state index in [4.69, 9.17) is 4.74 Å². The number of carbonyl (C=O) groups is 3. The summed E-state index contributed by atoms with van der Waals surface area (Å²) in [4.78, 5) is 41.7. The average Bonchev–Trinajstić information content (AvgIpc) is 3.30. The molecule has 0 radical (unpaired) electrons. The van der Waals surface area contributed by atoms with Crippen LogP contribution in [0.1, 0.15) is 44.2 Å². The SMILES string of the molecule is CCCNC(=O)[C@@H]1[C@H]2C(=O)N(CCO)C(C(=O)Nc3cc(C)ccc3C)C23CC[C@@]1(C)O3. The van der Waals surface area contributed by atoms with Gasteiger partial charge in [-0.15, -0.1) is 0 Å². The van der Waals surface area contributed by atoms with E-state index in [1.54, 1.807) is 0 Å². The molecule has 32 heavy (non-hydrogen) atoms. The summed E-state index contributed by atoms with van der Waals surface area (Å²) in [5.41, 5.74) is 0.742. The second kappa shape index (κ2) is 8.15. The van der Waals surface area contributed by atoms with Gasteiger partial charge >= 0.3 is 0 Å². The summed E-state index contributed by atoms with van der Waals surface area (Å²) in [6, 6.07) is 4.89. The molecule has 0 aromatic heterocycles. The monoisotopic (exact) mass is 443 g/mol. The average molecular weight is 444 g/mol. The number of ether oxygens (including phenoxy) is 1. The topological polar surface area (TPSA) is 108 Å². The second-order valence-corrected chi connectivity index (χ2v) is 9.58. The van der Waals surface area contributed by atoms with Crippen molar-refractivity contribution in [3.05, 3.63) is 29.3 Å². The van der Waals surface area contributed by atoms with Crippen molar-refractivity contribution in [2.45, 2.75) is 64.2 Å². The predicted molar refractivity (Wildman–Crippen MR) is 119 cm³/mol. The molecule has 0 aliphatic carbocycles. The second-order valence-electron chi connectivity index (χ2n) is 9.58. The van der Waals surface area contributed by atoms with E-state index in [2.05, 4.69) is 10.6 Å². The minimum absolute atomic E-state index is 0.0192. The van der Waals surface area contributed by atoms with Crippen LogP contribution < -0.4 is 10.6 Å². The fraction of sp³-hybridized carbons (Fsp3) is 0.625. The number of amides is 3. The van der Waals surface area contributed by atoms with E-state index in [-0.39, 0.29) is 30.9 Å². The van der Waals surface area contributed by atoms with Crippen molar-refractivity contribution in [1.82, 2.24) is 10.2 Å². The zero-order valence-electron chi connectivity index (χ0n) is 19.2. The van der Waals surface area contributed by atoms with E-state index in [1.807, 2.05) is 45.9 Å². The molecule has 8 nitrogen and oxygen atoms in total. The number of nitrogens with zero attached hydrogens (tertiary/aromatic N) is 1. The van der Waals surface area contributed by atoms with E-state index in [9.17, 15) is 19.5 Å². The smallest absolute Gasteiger partial charge is 0.250 e. The first-order valence-electron chi connectivity index (χ1n) is 11.5. The minimum Gasteiger partial charge on any atom is -0.395 e. The van der Waals surface area contributed by atoms with E-state index in [0.29, 0.717) is 25.1 Å². The van der Waals surface area contributed by atoms with Crippen LogP contribution in [0.4, 0.5) is 5.69 Å². The molecule has 3 fully saturated rings. The molecule has 1 aromatic rings. The summed E-state index contributed by atoms with van der Waals surface area (Å²) in [5.74, 6) is -2.23. The zero-order valence-corrected chi connectivity index (χ0v) is 19.2. The molecule has 3 N–H and O–H groups in total. The number of aliphatic hydroxyl groups is 1. The predicted octanol–water partition coefficient (Wildman–Crippen LogP) is 1.53. The summed E-state index contributed by atoms with van der Waals surface area (Å²) in [6.07, 6.45) is 1.91. The van der Waals surface area contributed by atoms with Crippen molar-refractivity contribution < 1.29 is 24.2 Å². The van der Waals surface area contributed by atoms with Gasteiger partial charge in [0.2, 0.25) is 17.7 Å². The van der Waals surface area contributed by atoms with Gasteiger partial charge in [0, 0.05) is 18.8 Å². The highest BCUT2D eigenvalue weighted by Gasteiger charge is 2.77. The number of rotatable bonds is 7. The molecule has 3 aliphatic rings. The molecule has 3 aliphatic heterocycles. The quantitative estimate of drug-likeness (QED) is 0.592. The maximum absolute atomic E-state index is 13.6. The van der Waals surface area contributed by atoms with E-state index in [1.165, 1.54) is 4.90 Å². The van der Waals surface area contributed by atoms with Gasteiger partial charge in [-0.05, 0) is 57.2 Å². The number of carbonyl (C=O) groups excluding carboxylic acids is 3. The maximum atomic E-state index is 13.6. The molecule has 1 spiro atoms. The van der Waals surface area contributed by atoms with E-state index >= 15 is 0 Å². The minimum atomic E-state index is -1.07. The Bertz CT molecular complexity index is 950. The van der Waals surface area contributed by atoms with Crippen molar-refractivity contribution in [1.29, 1.82) is 0 Å². The van der Waals surface area contributed by atoms with Crippen molar-refractivity contribution in [2.75, 3.05) is 25.0 Å². The van der Waals surface area contributed by atoms with Crippen LogP contribution in [-0.4, -0.2) is 64.7 Å². The normalized spacial score (nSPS) is 32.8. The molecule has 3 saturated heterocycles. The molecular weight excluding hydrogens is 410 g/mol. The van der Waals surface area contributed by atoms with Gasteiger partial charge in [0.15, 0.2) is 0 Å². The van der Waals surface area contributed by atoms with Crippen LogP contribution in [0.2, 0.25) is 0 Å². The fourth-order valence-electron chi connectivity index (χ4n) is 5.91. The molecular formula is C24H33N3O5. The molecule has 3 amide bonds. The van der Waals surface area contributed by atoms with Gasteiger partial charge in [0.1, 0.15) is 11.6 Å². The molecule has 5 atom stereocenters. The summed E-state index contributed by atoms with van der Waals surface area (Å²) >= 11 is 0. The van der Waals surface area contributed by atoms with Crippen LogP contribution in [0.5, 0.6) is 0 Å². The van der Waals surface area contributed by atoms with Gasteiger partial charge in [-0.2, -0.15) is 0 Å². The Labute approximate surface area is 188 Å². The zero-order chi connectivity index (χ0) is 23.3. The Kier molecular flexibility index (Phi) is 5.79. The number of benzene rings is 1. The summed E-state index contributed by atoms with van der Waals surface area (Å²) in [7, 11) is 0. The molecule has 3 heterocycles. The number of fused-ring (bicyclic) bond motifs is 1. The standard InChI is InChI=1S/C24H33N3O5/c1-5-10-25-20(29)17-18-22(31)27(11-12-28)19(24(18)9-8-23(17,4)32-24)21(30)26-16-13-14(2)6-7-15(16)3/h6-7,13,17-19,28H,5,8-12H2,1-4H3,(H,25,29)(H,26,30)/t17-,18-,19?,23+,24?/m0/s1. The summed E-state index contributed by atoms with van der Waals surface area (Å²) < 4.78 is 6.49. The van der Waals surface area contributed by atoms with Crippen LogP contribution >= 0.6 is 0 Å². The third-order valence-electron chi connectivity index (χ3n) is 7.35. The Hall–Kier alpha value is -2.45. The first-order chi connectivity index (χ1) is 15.2. The Morgan fingerprint density at radius 2 is 2.00 bits per heavy atom. The lowest BCUT2D eigenvalue weighted by Crippen LogP contribution is -2.54. The van der Waals surface area contributed by atoms with Crippen LogP contribution in [-0.2, 0) is 19.1 Å². The molecule has 1 aromatic carbocycles. The van der Waals surface area contributed by atoms with Crippen molar-refractivity contribution >= 4 is 23.4 Å². The third kappa shape index (κ3) is 3.31. The number of aliphatic hydroxyl groups excluding tert-OH is 1. The van der Waals surface area contributed by atoms with Crippen molar-refractivity contribution in [3.8, 4) is 0 Å². The van der Waals surface area contributed by atoms with Gasteiger partial charge in [-0.1, -0.05) is 19.1 Å². The Balaban J connectivity index is 1.71. The molecule has 174 valence electrons.